The molecule has 0 amide bonds. The van der Waals surface area contributed by atoms with Crippen molar-refractivity contribution in [1.29, 1.82) is 0 Å². The van der Waals surface area contributed by atoms with E-state index in [0.29, 0.717) is 65.2 Å². The highest BCUT2D eigenvalue weighted by molar-refractivity contribution is 5.69. The third-order valence-electron chi connectivity index (χ3n) is 4.19. The van der Waals surface area contributed by atoms with E-state index in [0.717, 1.165) is 25.9 Å². The monoisotopic (exact) mass is 390 g/mol. The van der Waals surface area contributed by atoms with Gasteiger partial charge >= 0.3 is 5.97 Å². The second kappa shape index (κ2) is 21.6. The molecule has 1 unspecified atom stereocenters. The summed E-state index contributed by atoms with van der Waals surface area (Å²) < 4.78 is 26.8. The van der Waals surface area contributed by atoms with Gasteiger partial charge in [-0.25, -0.2) is 0 Å². The summed E-state index contributed by atoms with van der Waals surface area (Å²) in [6.45, 7) is 11.4. The molecule has 0 radical (unpaired) electrons. The molecule has 0 rings (SSSR count). The Morgan fingerprint density at radius 1 is 0.704 bits per heavy atom. The van der Waals surface area contributed by atoms with E-state index in [4.69, 9.17) is 23.7 Å². The highest BCUT2D eigenvalue weighted by Gasteiger charge is 2.02. The minimum absolute atomic E-state index is 0.128. The molecule has 0 N–H and O–H groups in total. The molecule has 6 nitrogen and oxygen atoms in total. The zero-order valence-corrected chi connectivity index (χ0v) is 17.8. The molecule has 0 spiro atoms. The Balaban J connectivity index is 3.13. The van der Waals surface area contributed by atoms with Gasteiger partial charge in [0.25, 0.3) is 0 Å². The van der Waals surface area contributed by atoms with Crippen molar-refractivity contribution in [3.05, 3.63) is 0 Å². The molecule has 1 atom stereocenters. The van der Waals surface area contributed by atoms with Crippen LogP contribution in [0.4, 0.5) is 0 Å². The molecule has 27 heavy (non-hydrogen) atoms. The van der Waals surface area contributed by atoms with Crippen LogP contribution in [0, 0.1) is 5.92 Å². The highest BCUT2D eigenvalue weighted by atomic mass is 16.6. The maximum absolute atomic E-state index is 11.5. The van der Waals surface area contributed by atoms with Gasteiger partial charge in [0.2, 0.25) is 0 Å². The average molecular weight is 391 g/mol. The molecule has 0 heterocycles. The highest BCUT2D eigenvalue weighted by Crippen LogP contribution is 2.05. The SMILES string of the molecule is CCCCCCCC(=O)OCCOCCOCCOCCOCC(C)CC. The Bertz CT molecular complexity index is 311. The van der Waals surface area contributed by atoms with E-state index in [1.165, 1.54) is 19.3 Å². The lowest BCUT2D eigenvalue weighted by molar-refractivity contribution is -0.145. The zero-order chi connectivity index (χ0) is 20.0. The predicted molar refractivity (Wildman–Crippen MR) is 107 cm³/mol. The van der Waals surface area contributed by atoms with Gasteiger partial charge in [0.1, 0.15) is 6.61 Å². The third kappa shape index (κ3) is 21.5. The van der Waals surface area contributed by atoms with Gasteiger partial charge in [-0.2, -0.15) is 0 Å². The number of hydrogen-bond acceptors (Lipinski definition) is 6. The summed E-state index contributed by atoms with van der Waals surface area (Å²) in [5.41, 5.74) is 0. The van der Waals surface area contributed by atoms with E-state index in [9.17, 15) is 4.79 Å². The number of carbonyl (C=O) groups excluding carboxylic acids is 1. The molecule has 162 valence electrons. The molecule has 0 aromatic carbocycles. The van der Waals surface area contributed by atoms with Gasteiger partial charge in [-0.3, -0.25) is 4.79 Å². The van der Waals surface area contributed by atoms with Crippen LogP contribution in [0.2, 0.25) is 0 Å². The lowest BCUT2D eigenvalue weighted by Gasteiger charge is -2.10. The van der Waals surface area contributed by atoms with Crippen molar-refractivity contribution in [2.45, 2.75) is 65.7 Å². The van der Waals surface area contributed by atoms with Gasteiger partial charge in [-0.15, -0.1) is 0 Å². The summed E-state index contributed by atoms with van der Waals surface area (Å²) >= 11 is 0. The van der Waals surface area contributed by atoms with Crippen molar-refractivity contribution in [3.8, 4) is 0 Å². The van der Waals surface area contributed by atoms with Gasteiger partial charge in [0, 0.05) is 13.0 Å². The van der Waals surface area contributed by atoms with Gasteiger partial charge in [-0.05, 0) is 12.3 Å². The first-order chi connectivity index (χ1) is 13.2. The number of hydrogen-bond donors (Lipinski definition) is 0. The van der Waals surface area contributed by atoms with Gasteiger partial charge in [0.15, 0.2) is 0 Å². The Labute approximate surface area is 166 Å². The Kier molecular flexibility index (Phi) is 21.1. The van der Waals surface area contributed by atoms with Crippen LogP contribution in [0.3, 0.4) is 0 Å². The summed E-state index contributed by atoms with van der Waals surface area (Å²) in [6.07, 6.45) is 7.32. The number of rotatable bonds is 21. The van der Waals surface area contributed by atoms with Crippen molar-refractivity contribution < 1.29 is 28.5 Å². The predicted octanol–water partition coefficient (Wildman–Crippen LogP) is 4.00. The lowest BCUT2D eigenvalue weighted by atomic mass is 10.1. The van der Waals surface area contributed by atoms with Gasteiger partial charge in [-0.1, -0.05) is 52.9 Å². The second-order valence-corrected chi connectivity index (χ2v) is 6.81. The van der Waals surface area contributed by atoms with E-state index in [-0.39, 0.29) is 5.97 Å². The van der Waals surface area contributed by atoms with Crippen molar-refractivity contribution in [2.24, 2.45) is 5.92 Å². The molecular formula is C21H42O6. The Morgan fingerprint density at radius 2 is 1.22 bits per heavy atom. The van der Waals surface area contributed by atoms with Crippen molar-refractivity contribution in [2.75, 3.05) is 59.5 Å². The van der Waals surface area contributed by atoms with E-state index >= 15 is 0 Å². The molecule has 0 aliphatic heterocycles. The van der Waals surface area contributed by atoms with Crippen LogP contribution in [0.25, 0.3) is 0 Å². The maximum Gasteiger partial charge on any atom is 0.305 e. The second-order valence-electron chi connectivity index (χ2n) is 6.81. The Hall–Kier alpha value is -0.690. The van der Waals surface area contributed by atoms with Crippen LogP contribution in [0.5, 0.6) is 0 Å². The van der Waals surface area contributed by atoms with Crippen LogP contribution >= 0.6 is 0 Å². The van der Waals surface area contributed by atoms with Crippen molar-refractivity contribution in [3.63, 3.8) is 0 Å². The topological polar surface area (TPSA) is 63.2 Å². The first-order valence-electron chi connectivity index (χ1n) is 10.7. The number of esters is 1. The molecule has 0 aliphatic rings. The first kappa shape index (κ1) is 26.3. The van der Waals surface area contributed by atoms with Crippen LogP contribution in [-0.4, -0.2) is 65.4 Å². The fraction of sp³-hybridized carbons (Fsp3) is 0.952. The normalized spacial score (nSPS) is 12.3. The smallest absolute Gasteiger partial charge is 0.305 e. The number of unbranched alkanes of at least 4 members (excludes halogenated alkanes) is 4. The van der Waals surface area contributed by atoms with E-state index in [2.05, 4.69) is 20.8 Å². The largest absolute Gasteiger partial charge is 0.463 e. The van der Waals surface area contributed by atoms with Crippen molar-refractivity contribution in [1.82, 2.24) is 0 Å². The summed E-state index contributed by atoms with van der Waals surface area (Å²) in [5, 5.41) is 0. The molecule has 0 bridgehead atoms. The quantitative estimate of drug-likeness (QED) is 0.218. The summed E-state index contributed by atoms with van der Waals surface area (Å²) in [4.78, 5) is 11.5. The zero-order valence-electron chi connectivity index (χ0n) is 17.8. The van der Waals surface area contributed by atoms with E-state index < -0.39 is 0 Å². The summed E-state index contributed by atoms with van der Waals surface area (Å²) in [5.74, 6) is 0.476. The lowest BCUT2D eigenvalue weighted by Crippen LogP contribution is -2.15. The number of carbonyl (C=O) groups is 1. The van der Waals surface area contributed by atoms with Crippen LogP contribution in [0.15, 0.2) is 0 Å². The van der Waals surface area contributed by atoms with E-state index in [1.807, 2.05) is 0 Å². The first-order valence-corrected chi connectivity index (χ1v) is 10.7. The Morgan fingerprint density at radius 3 is 1.78 bits per heavy atom. The average Bonchev–Trinajstić information content (AvgIpc) is 2.67. The number of ether oxygens (including phenoxy) is 5. The summed E-state index contributed by atoms with van der Waals surface area (Å²) in [6, 6.07) is 0. The molecule has 0 saturated heterocycles. The van der Waals surface area contributed by atoms with Gasteiger partial charge in [0.05, 0.1) is 46.2 Å². The fourth-order valence-electron chi connectivity index (χ4n) is 2.22. The summed E-state index contributed by atoms with van der Waals surface area (Å²) in [7, 11) is 0. The standard InChI is InChI=1S/C21H42O6/c1-4-6-7-8-9-10-21(22)27-18-17-25-14-13-23-11-12-24-15-16-26-19-20(3)5-2/h20H,4-19H2,1-3H3. The fourth-order valence-corrected chi connectivity index (χ4v) is 2.22. The van der Waals surface area contributed by atoms with Gasteiger partial charge < -0.3 is 23.7 Å². The molecule has 0 fully saturated rings. The molecular weight excluding hydrogens is 348 g/mol. The van der Waals surface area contributed by atoms with Crippen LogP contribution in [0.1, 0.15) is 65.7 Å². The minimum atomic E-state index is -0.128. The van der Waals surface area contributed by atoms with E-state index in [1.54, 1.807) is 0 Å². The van der Waals surface area contributed by atoms with Crippen LogP contribution in [-0.2, 0) is 28.5 Å². The third-order valence-corrected chi connectivity index (χ3v) is 4.19. The van der Waals surface area contributed by atoms with Crippen LogP contribution < -0.4 is 0 Å². The van der Waals surface area contributed by atoms with Crippen molar-refractivity contribution >= 4 is 5.97 Å². The molecule has 6 heteroatoms. The molecule has 0 aromatic heterocycles. The molecule has 0 aromatic rings. The molecule has 0 saturated carbocycles. The maximum atomic E-state index is 11.5. The minimum Gasteiger partial charge on any atom is -0.463 e. The molecule has 0 aliphatic carbocycles.